The Bertz CT molecular complexity index is 399. The van der Waals surface area contributed by atoms with E-state index in [0.29, 0.717) is 11.6 Å². The lowest BCUT2D eigenvalue weighted by Gasteiger charge is -2.27. The van der Waals surface area contributed by atoms with Crippen molar-refractivity contribution in [2.75, 3.05) is 20.6 Å². The first kappa shape index (κ1) is 14.5. The van der Waals surface area contributed by atoms with Crippen molar-refractivity contribution < 1.29 is 9.90 Å². The number of hydrogen-bond donors (Lipinski definition) is 1. The molecule has 0 saturated heterocycles. The average Bonchev–Trinajstić information content (AvgIpc) is 2.55. The molecule has 0 aliphatic carbocycles. The van der Waals surface area contributed by atoms with Gasteiger partial charge in [-0.15, -0.1) is 0 Å². The molecule has 96 valence electrons. The summed E-state index contributed by atoms with van der Waals surface area (Å²) in [5.74, 6) is -0.476. The largest absolute Gasteiger partial charge is 0.477 e. The SMILES string of the molecule is CC(C)C(CN(C)C)n1cc(I)cc1C(=O)O. The zero-order valence-electron chi connectivity index (χ0n) is 10.6. The number of nitrogens with zero attached hydrogens (tertiary/aromatic N) is 2. The van der Waals surface area contributed by atoms with Gasteiger partial charge in [0.25, 0.3) is 0 Å². The maximum absolute atomic E-state index is 11.2. The molecule has 1 aromatic heterocycles. The minimum atomic E-state index is -0.864. The topological polar surface area (TPSA) is 45.5 Å². The number of carbonyl (C=O) groups is 1. The van der Waals surface area contributed by atoms with Crippen molar-refractivity contribution in [1.29, 1.82) is 0 Å². The van der Waals surface area contributed by atoms with Crippen molar-refractivity contribution in [2.24, 2.45) is 5.92 Å². The standard InChI is InChI=1S/C12H19IN2O2/c1-8(2)11(7-14(3)4)15-6-9(13)5-10(15)12(16)17/h5-6,8,11H,7H2,1-4H3,(H,16,17). The van der Waals surface area contributed by atoms with Crippen LogP contribution in [0.1, 0.15) is 30.4 Å². The van der Waals surface area contributed by atoms with Gasteiger partial charge in [0.1, 0.15) is 5.69 Å². The normalized spacial score (nSPS) is 13.4. The maximum Gasteiger partial charge on any atom is 0.352 e. The molecule has 4 nitrogen and oxygen atoms in total. The van der Waals surface area contributed by atoms with Crippen LogP contribution in [0.25, 0.3) is 0 Å². The number of carboxylic acid groups (broad SMARTS) is 1. The van der Waals surface area contributed by atoms with Gasteiger partial charge in [0.2, 0.25) is 0 Å². The van der Waals surface area contributed by atoms with Crippen LogP contribution in [0.3, 0.4) is 0 Å². The highest BCUT2D eigenvalue weighted by Gasteiger charge is 2.22. The molecule has 0 bridgehead atoms. The summed E-state index contributed by atoms with van der Waals surface area (Å²) in [4.78, 5) is 13.3. The predicted molar refractivity (Wildman–Crippen MR) is 76.5 cm³/mol. The third-order valence-electron chi connectivity index (χ3n) is 2.71. The highest BCUT2D eigenvalue weighted by Crippen LogP contribution is 2.23. The van der Waals surface area contributed by atoms with Crippen LogP contribution in [-0.4, -0.2) is 41.2 Å². The molecule has 17 heavy (non-hydrogen) atoms. The van der Waals surface area contributed by atoms with Crippen LogP contribution in [-0.2, 0) is 0 Å². The fourth-order valence-electron chi connectivity index (χ4n) is 1.89. The highest BCUT2D eigenvalue weighted by atomic mass is 127. The Morgan fingerprint density at radius 3 is 2.53 bits per heavy atom. The van der Waals surface area contributed by atoms with Gasteiger partial charge in [0, 0.05) is 22.4 Å². The van der Waals surface area contributed by atoms with Crippen LogP contribution in [0.5, 0.6) is 0 Å². The van der Waals surface area contributed by atoms with Gasteiger partial charge in [-0.2, -0.15) is 0 Å². The number of carboxylic acids is 1. The van der Waals surface area contributed by atoms with Crippen LogP contribution in [0.4, 0.5) is 0 Å². The van der Waals surface area contributed by atoms with Gasteiger partial charge < -0.3 is 14.6 Å². The zero-order chi connectivity index (χ0) is 13.2. The van der Waals surface area contributed by atoms with E-state index in [-0.39, 0.29) is 6.04 Å². The maximum atomic E-state index is 11.2. The lowest BCUT2D eigenvalue weighted by atomic mass is 10.0. The summed E-state index contributed by atoms with van der Waals surface area (Å²) < 4.78 is 2.85. The number of aromatic nitrogens is 1. The fraction of sp³-hybridized carbons (Fsp3) is 0.583. The van der Waals surface area contributed by atoms with Crippen molar-refractivity contribution in [3.63, 3.8) is 0 Å². The molecule has 1 N–H and O–H groups in total. The quantitative estimate of drug-likeness (QED) is 0.831. The number of hydrogen-bond acceptors (Lipinski definition) is 2. The first-order valence-corrected chi connectivity index (χ1v) is 6.66. The molecule has 0 fully saturated rings. The van der Waals surface area contributed by atoms with Gasteiger partial charge in [0.05, 0.1) is 0 Å². The lowest BCUT2D eigenvalue weighted by Crippen LogP contribution is -2.29. The van der Waals surface area contributed by atoms with E-state index in [0.717, 1.165) is 10.1 Å². The van der Waals surface area contributed by atoms with Crippen molar-refractivity contribution in [3.8, 4) is 0 Å². The molecule has 0 aliphatic heterocycles. The molecular formula is C12H19IN2O2. The fourth-order valence-corrected chi connectivity index (χ4v) is 2.48. The second kappa shape index (κ2) is 5.86. The molecule has 1 heterocycles. The molecule has 1 unspecified atom stereocenters. The third-order valence-corrected chi connectivity index (χ3v) is 3.30. The molecule has 1 atom stereocenters. The molecule has 0 aromatic carbocycles. The van der Waals surface area contributed by atoms with E-state index in [1.54, 1.807) is 6.07 Å². The van der Waals surface area contributed by atoms with Crippen molar-refractivity contribution in [2.45, 2.75) is 19.9 Å². The number of likely N-dealkylation sites (N-methyl/N-ethyl adjacent to an activating group) is 1. The molecular weight excluding hydrogens is 331 g/mol. The highest BCUT2D eigenvalue weighted by molar-refractivity contribution is 14.1. The number of aromatic carboxylic acids is 1. The van der Waals surface area contributed by atoms with E-state index in [1.807, 2.05) is 24.9 Å². The summed E-state index contributed by atoms with van der Waals surface area (Å²) in [6.07, 6.45) is 1.91. The van der Waals surface area contributed by atoms with Crippen LogP contribution in [0.15, 0.2) is 12.3 Å². The smallest absolute Gasteiger partial charge is 0.352 e. The minimum absolute atomic E-state index is 0.180. The van der Waals surface area contributed by atoms with E-state index >= 15 is 0 Å². The molecule has 5 heteroatoms. The zero-order valence-corrected chi connectivity index (χ0v) is 12.8. The molecule has 0 amide bonds. The molecule has 0 radical (unpaired) electrons. The van der Waals surface area contributed by atoms with E-state index in [2.05, 4.69) is 41.3 Å². The van der Waals surface area contributed by atoms with Gasteiger partial charge in [0.15, 0.2) is 0 Å². The van der Waals surface area contributed by atoms with Crippen LogP contribution >= 0.6 is 22.6 Å². The summed E-state index contributed by atoms with van der Waals surface area (Å²) in [6, 6.07) is 1.90. The summed E-state index contributed by atoms with van der Waals surface area (Å²) in [7, 11) is 4.01. The lowest BCUT2D eigenvalue weighted by molar-refractivity contribution is 0.0679. The van der Waals surface area contributed by atoms with E-state index in [4.69, 9.17) is 0 Å². The first-order valence-electron chi connectivity index (χ1n) is 5.58. The molecule has 0 saturated carbocycles. The van der Waals surface area contributed by atoms with Gasteiger partial charge in [-0.3, -0.25) is 0 Å². The summed E-state index contributed by atoms with van der Waals surface area (Å²) >= 11 is 2.15. The van der Waals surface area contributed by atoms with Gasteiger partial charge in [-0.1, -0.05) is 13.8 Å². The average molecular weight is 350 g/mol. The second-order valence-electron chi connectivity index (χ2n) is 4.83. The van der Waals surface area contributed by atoms with E-state index in [1.165, 1.54) is 0 Å². The van der Waals surface area contributed by atoms with Gasteiger partial charge in [-0.25, -0.2) is 4.79 Å². The first-order chi connectivity index (χ1) is 7.82. The Morgan fingerprint density at radius 2 is 2.12 bits per heavy atom. The molecule has 0 spiro atoms. The summed E-state index contributed by atoms with van der Waals surface area (Å²) in [6.45, 7) is 5.07. The third kappa shape index (κ3) is 3.70. The molecule has 1 aromatic rings. The summed E-state index contributed by atoms with van der Waals surface area (Å²) in [5, 5.41) is 9.21. The monoisotopic (exact) mass is 350 g/mol. The van der Waals surface area contributed by atoms with Gasteiger partial charge >= 0.3 is 5.97 Å². The Labute approximate surface area is 116 Å². The number of halogens is 1. The Hall–Kier alpha value is -0.560. The van der Waals surface area contributed by atoms with Crippen molar-refractivity contribution in [3.05, 3.63) is 21.5 Å². The minimum Gasteiger partial charge on any atom is -0.477 e. The van der Waals surface area contributed by atoms with Crippen LogP contribution < -0.4 is 0 Å². The molecule has 1 rings (SSSR count). The Kier molecular flexibility index (Phi) is 5.00. The number of rotatable bonds is 5. The van der Waals surface area contributed by atoms with Crippen molar-refractivity contribution in [1.82, 2.24) is 9.47 Å². The van der Waals surface area contributed by atoms with Crippen molar-refractivity contribution >= 4 is 28.6 Å². The Balaban J connectivity index is 3.13. The van der Waals surface area contributed by atoms with Crippen LogP contribution in [0, 0.1) is 9.49 Å². The van der Waals surface area contributed by atoms with Crippen LogP contribution in [0.2, 0.25) is 0 Å². The predicted octanol–water partition coefficient (Wildman–Crippen LogP) is 2.55. The molecule has 0 aliphatic rings. The second-order valence-corrected chi connectivity index (χ2v) is 6.08. The van der Waals surface area contributed by atoms with E-state index < -0.39 is 5.97 Å². The van der Waals surface area contributed by atoms with E-state index in [9.17, 15) is 9.90 Å². The Morgan fingerprint density at radius 1 is 1.53 bits per heavy atom. The van der Waals surface area contributed by atoms with Gasteiger partial charge in [-0.05, 0) is 48.7 Å². The summed E-state index contributed by atoms with van der Waals surface area (Å²) in [5.41, 5.74) is 0.370.